The van der Waals surface area contributed by atoms with Gasteiger partial charge in [0.15, 0.2) is 0 Å². The Kier molecular flexibility index (Phi) is 4.30. The summed E-state index contributed by atoms with van der Waals surface area (Å²) in [7, 11) is 0. The molecule has 1 N–H and O–H groups in total. The molecule has 0 heterocycles. The van der Waals surface area contributed by atoms with Crippen LogP contribution in [0.5, 0.6) is 0 Å². The maximum absolute atomic E-state index is 13.3. The number of hydrogen-bond acceptors (Lipinski definition) is 2. The quantitative estimate of drug-likeness (QED) is 0.842. The average molecular weight is 220 g/mol. The topological polar surface area (TPSA) is 35.8 Å². The van der Waals surface area contributed by atoms with Crippen molar-refractivity contribution in [2.24, 2.45) is 5.92 Å². The molecule has 0 saturated heterocycles. The Hall–Kier alpha value is -1.56. The number of benzene rings is 1. The van der Waals surface area contributed by atoms with Crippen molar-refractivity contribution in [2.45, 2.75) is 33.2 Å². The Balaban J connectivity index is 2.90. The average Bonchev–Trinajstić information content (AvgIpc) is 2.28. The Labute approximate surface area is 96.1 Å². The Morgan fingerprint density at radius 1 is 1.44 bits per heavy atom. The maximum atomic E-state index is 13.3. The van der Waals surface area contributed by atoms with Crippen LogP contribution >= 0.6 is 0 Å². The molecule has 2 atom stereocenters. The highest BCUT2D eigenvalue weighted by Gasteiger charge is 2.13. The predicted octanol–water partition coefficient (Wildman–Crippen LogP) is 3.54. The van der Waals surface area contributed by atoms with E-state index in [-0.39, 0.29) is 11.6 Å². The number of nitriles is 1. The Morgan fingerprint density at radius 3 is 2.69 bits per heavy atom. The zero-order valence-electron chi connectivity index (χ0n) is 9.92. The number of hydrogen-bond donors (Lipinski definition) is 1. The smallest absolute Gasteiger partial charge is 0.143 e. The van der Waals surface area contributed by atoms with Crippen LogP contribution in [0.2, 0.25) is 0 Å². The van der Waals surface area contributed by atoms with Crippen LogP contribution in [0.25, 0.3) is 0 Å². The molecular weight excluding hydrogens is 203 g/mol. The summed E-state index contributed by atoms with van der Waals surface area (Å²) in [4.78, 5) is 0. The molecule has 1 aromatic carbocycles. The molecule has 86 valence electrons. The van der Waals surface area contributed by atoms with Gasteiger partial charge in [0.05, 0.1) is 5.69 Å². The molecule has 0 aromatic heterocycles. The molecule has 0 aliphatic rings. The lowest BCUT2D eigenvalue weighted by atomic mass is 10.00. The molecule has 0 radical (unpaired) electrons. The first-order valence-electron chi connectivity index (χ1n) is 5.55. The molecular formula is C13H17FN2. The lowest BCUT2D eigenvalue weighted by molar-refractivity contribution is 0.494. The van der Waals surface area contributed by atoms with Crippen LogP contribution < -0.4 is 5.32 Å². The van der Waals surface area contributed by atoms with E-state index in [1.54, 1.807) is 12.1 Å². The maximum Gasteiger partial charge on any atom is 0.143 e. The second-order valence-electron chi connectivity index (χ2n) is 4.09. The van der Waals surface area contributed by atoms with Crippen LogP contribution in [0.15, 0.2) is 18.2 Å². The van der Waals surface area contributed by atoms with Gasteiger partial charge >= 0.3 is 0 Å². The van der Waals surface area contributed by atoms with Crippen LogP contribution in [-0.4, -0.2) is 6.04 Å². The molecule has 1 aromatic rings. The first kappa shape index (κ1) is 12.5. The van der Waals surface area contributed by atoms with E-state index in [9.17, 15) is 4.39 Å². The van der Waals surface area contributed by atoms with Crippen molar-refractivity contribution in [3.05, 3.63) is 29.6 Å². The van der Waals surface area contributed by atoms with Crippen LogP contribution in [-0.2, 0) is 0 Å². The van der Waals surface area contributed by atoms with Crippen molar-refractivity contribution >= 4 is 5.69 Å². The van der Waals surface area contributed by atoms with E-state index in [1.807, 2.05) is 13.0 Å². The lowest BCUT2D eigenvalue weighted by Crippen LogP contribution is -2.23. The number of rotatable bonds is 4. The van der Waals surface area contributed by atoms with E-state index in [0.29, 0.717) is 11.6 Å². The van der Waals surface area contributed by atoms with Gasteiger partial charge in [-0.15, -0.1) is 0 Å². The Bertz CT molecular complexity index is 395. The molecule has 1 rings (SSSR count). The van der Waals surface area contributed by atoms with E-state index in [2.05, 4.69) is 19.2 Å². The number of halogens is 1. The Morgan fingerprint density at radius 2 is 2.12 bits per heavy atom. The summed E-state index contributed by atoms with van der Waals surface area (Å²) in [6.07, 6.45) is 1.05. The van der Waals surface area contributed by atoms with E-state index < -0.39 is 5.82 Å². The minimum atomic E-state index is -0.469. The highest BCUT2D eigenvalue weighted by molar-refractivity contribution is 5.58. The molecule has 3 heteroatoms. The van der Waals surface area contributed by atoms with Crippen molar-refractivity contribution in [1.29, 1.82) is 5.26 Å². The third-order valence-corrected chi connectivity index (χ3v) is 3.01. The molecule has 16 heavy (non-hydrogen) atoms. The summed E-state index contributed by atoms with van der Waals surface area (Å²) in [5.41, 5.74) is 0.674. The minimum Gasteiger partial charge on any atom is -0.381 e. The standard InChI is InChI=1S/C13H17FN2/c1-4-9(2)10(3)16-13-7-5-6-12(14)11(13)8-15/h5-7,9-10,16H,4H2,1-3H3. The van der Waals surface area contributed by atoms with E-state index in [1.165, 1.54) is 6.07 Å². The molecule has 0 spiro atoms. The molecule has 0 aliphatic carbocycles. The largest absolute Gasteiger partial charge is 0.381 e. The van der Waals surface area contributed by atoms with Crippen molar-refractivity contribution in [1.82, 2.24) is 0 Å². The van der Waals surface area contributed by atoms with Gasteiger partial charge in [-0.2, -0.15) is 5.26 Å². The minimum absolute atomic E-state index is 0.0950. The van der Waals surface area contributed by atoms with Crippen molar-refractivity contribution < 1.29 is 4.39 Å². The summed E-state index contributed by atoms with van der Waals surface area (Å²) in [6, 6.07) is 6.76. The SMILES string of the molecule is CCC(C)C(C)Nc1cccc(F)c1C#N. The second-order valence-corrected chi connectivity index (χ2v) is 4.09. The second kappa shape index (κ2) is 5.50. The van der Waals surface area contributed by atoms with Gasteiger partial charge < -0.3 is 5.32 Å². The normalized spacial score (nSPS) is 13.9. The molecule has 0 saturated carbocycles. The summed E-state index contributed by atoms with van der Waals surface area (Å²) in [5.74, 6) is 0.0126. The van der Waals surface area contributed by atoms with Gasteiger partial charge in [-0.1, -0.05) is 26.3 Å². The summed E-state index contributed by atoms with van der Waals surface area (Å²) in [6.45, 7) is 6.28. The first-order chi connectivity index (χ1) is 7.60. The van der Waals surface area contributed by atoms with Gasteiger partial charge in [-0.3, -0.25) is 0 Å². The third kappa shape index (κ3) is 2.73. The lowest BCUT2D eigenvalue weighted by Gasteiger charge is -2.21. The number of anilines is 1. The van der Waals surface area contributed by atoms with E-state index in [4.69, 9.17) is 5.26 Å². The van der Waals surface area contributed by atoms with Crippen LogP contribution in [0.3, 0.4) is 0 Å². The van der Waals surface area contributed by atoms with Crippen LogP contribution in [0.4, 0.5) is 10.1 Å². The zero-order chi connectivity index (χ0) is 12.1. The van der Waals surface area contributed by atoms with Crippen molar-refractivity contribution in [3.63, 3.8) is 0 Å². The first-order valence-corrected chi connectivity index (χ1v) is 5.55. The highest BCUT2D eigenvalue weighted by atomic mass is 19.1. The van der Waals surface area contributed by atoms with Crippen LogP contribution in [0.1, 0.15) is 32.8 Å². The van der Waals surface area contributed by atoms with Gasteiger partial charge in [-0.25, -0.2) is 4.39 Å². The van der Waals surface area contributed by atoms with Crippen molar-refractivity contribution in [2.75, 3.05) is 5.32 Å². The predicted molar refractivity (Wildman–Crippen MR) is 63.7 cm³/mol. The van der Waals surface area contributed by atoms with E-state index in [0.717, 1.165) is 6.42 Å². The molecule has 0 amide bonds. The number of nitrogens with zero attached hydrogens (tertiary/aromatic N) is 1. The van der Waals surface area contributed by atoms with E-state index >= 15 is 0 Å². The van der Waals surface area contributed by atoms with Crippen molar-refractivity contribution in [3.8, 4) is 6.07 Å². The number of nitrogens with one attached hydrogen (secondary N) is 1. The van der Waals surface area contributed by atoms with Gasteiger partial charge in [-0.05, 0) is 25.0 Å². The molecule has 0 bridgehead atoms. The fraction of sp³-hybridized carbons (Fsp3) is 0.462. The summed E-state index contributed by atoms with van der Waals surface area (Å²) >= 11 is 0. The molecule has 0 aliphatic heterocycles. The van der Waals surface area contributed by atoms with Gasteiger partial charge in [0.2, 0.25) is 0 Å². The zero-order valence-corrected chi connectivity index (χ0v) is 9.92. The fourth-order valence-corrected chi connectivity index (χ4v) is 1.50. The van der Waals surface area contributed by atoms with Gasteiger partial charge in [0.1, 0.15) is 17.4 Å². The van der Waals surface area contributed by atoms with Gasteiger partial charge in [0, 0.05) is 6.04 Å². The molecule has 2 nitrogen and oxygen atoms in total. The van der Waals surface area contributed by atoms with Crippen LogP contribution in [0, 0.1) is 23.1 Å². The highest BCUT2D eigenvalue weighted by Crippen LogP contribution is 2.21. The third-order valence-electron chi connectivity index (χ3n) is 3.01. The monoisotopic (exact) mass is 220 g/mol. The molecule has 2 unspecified atom stereocenters. The molecule has 0 fully saturated rings. The summed E-state index contributed by atoms with van der Waals surface area (Å²) < 4.78 is 13.3. The van der Waals surface area contributed by atoms with Gasteiger partial charge in [0.25, 0.3) is 0 Å². The summed E-state index contributed by atoms with van der Waals surface area (Å²) in [5, 5.41) is 12.1. The fourth-order valence-electron chi connectivity index (χ4n) is 1.50.